The molecule has 1 atom stereocenters. The summed E-state index contributed by atoms with van der Waals surface area (Å²) in [6.07, 6.45) is 1.48. The molecule has 0 aliphatic rings. The Balaban J connectivity index is 2.78. The van der Waals surface area contributed by atoms with Gasteiger partial charge in [0.1, 0.15) is 5.75 Å². The van der Waals surface area contributed by atoms with Crippen LogP contribution in [0.4, 0.5) is 0 Å². The molecule has 0 heterocycles. The summed E-state index contributed by atoms with van der Waals surface area (Å²) < 4.78 is 5.26. The molecule has 0 saturated heterocycles. The summed E-state index contributed by atoms with van der Waals surface area (Å²) in [5, 5.41) is 8.51. The van der Waals surface area contributed by atoms with Crippen molar-refractivity contribution >= 4 is 0 Å². The summed E-state index contributed by atoms with van der Waals surface area (Å²) in [6, 6.07) is 10.1. The maximum atomic E-state index is 8.51. The van der Waals surface area contributed by atoms with Crippen LogP contribution in [0.2, 0.25) is 0 Å². The lowest BCUT2D eigenvalue weighted by molar-refractivity contribution is 0.405. The van der Waals surface area contributed by atoms with Gasteiger partial charge in [-0.05, 0) is 24.0 Å². The number of rotatable bonds is 4. The average Bonchev–Trinajstić information content (AvgIpc) is 2.25. The van der Waals surface area contributed by atoms with Crippen molar-refractivity contribution in [2.45, 2.75) is 25.7 Å². The Labute approximate surface area is 85.1 Å². The summed E-state index contributed by atoms with van der Waals surface area (Å²) in [7, 11) is 1.68. The van der Waals surface area contributed by atoms with Crippen LogP contribution in [0, 0.1) is 11.3 Å². The molecule has 0 aromatic heterocycles. The molecule has 0 spiro atoms. The van der Waals surface area contributed by atoms with Gasteiger partial charge in [-0.25, -0.2) is 0 Å². The van der Waals surface area contributed by atoms with Crippen molar-refractivity contribution in [1.29, 1.82) is 5.26 Å². The van der Waals surface area contributed by atoms with Crippen molar-refractivity contribution in [3.63, 3.8) is 0 Å². The van der Waals surface area contributed by atoms with E-state index in [0.29, 0.717) is 12.3 Å². The van der Waals surface area contributed by atoms with Gasteiger partial charge in [0, 0.05) is 6.42 Å². The Bertz CT molecular complexity index is 327. The quantitative estimate of drug-likeness (QED) is 0.729. The lowest BCUT2D eigenvalue weighted by Gasteiger charge is -2.13. The highest BCUT2D eigenvalue weighted by Gasteiger charge is 2.09. The first-order valence-electron chi connectivity index (χ1n) is 4.79. The second kappa shape index (κ2) is 5.29. The second-order valence-corrected chi connectivity index (χ2v) is 3.34. The third-order valence-corrected chi connectivity index (χ3v) is 2.36. The fraction of sp³-hybridized carbons (Fsp3) is 0.417. The Morgan fingerprint density at radius 2 is 2.14 bits per heavy atom. The third-order valence-electron chi connectivity index (χ3n) is 2.36. The van der Waals surface area contributed by atoms with E-state index in [9.17, 15) is 0 Å². The molecule has 0 radical (unpaired) electrons. The highest BCUT2D eigenvalue weighted by atomic mass is 16.5. The van der Waals surface area contributed by atoms with E-state index in [1.54, 1.807) is 7.11 Å². The van der Waals surface area contributed by atoms with E-state index in [4.69, 9.17) is 10.00 Å². The van der Waals surface area contributed by atoms with E-state index in [1.807, 2.05) is 18.2 Å². The maximum Gasteiger partial charge on any atom is 0.122 e. The van der Waals surface area contributed by atoms with Gasteiger partial charge in [-0.2, -0.15) is 5.26 Å². The first-order valence-corrected chi connectivity index (χ1v) is 4.79. The number of hydrogen-bond donors (Lipinski definition) is 0. The van der Waals surface area contributed by atoms with Gasteiger partial charge in [-0.15, -0.1) is 0 Å². The fourth-order valence-corrected chi connectivity index (χ4v) is 1.51. The van der Waals surface area contributed by atoms with Crippen LogP contribution in [0.1, 0.15) is 31.2 Å². The molecular formula is C12H15NO. The summed E-state index contributed by atoms with van der Waals surface area (Å²) in [6.45, 7) is 2.12. The Morgan fingerprint density at radius 1 is 1.43 bits per heavy atom. The molecule has 1 unspecified atom stereocenters. The number of methoxy groups -OCH3 is 1. The van der Waals surface area contributed by atoms with Crippen LogP contribution in [0.15, 0.2) is 24.3 Å². The average molecular weight is 189 g/mol. The largest absolute Gasteiger partial charge is 0.496 e. The molecule has 0 saturated carbocycles. The highest BCUT2D eigenvalue weighted by molar-refractivity contribution is 5.35. The van der Waals surface area contributed by atoms with Crippen LogP contribution >= 0.6 is 0 Å². The van der Waals surface area contributed by atoms with Crippen LogP contribution in [0.25, 0.3) is 0 Å². The predicted molar refractivity (Wildman–Crippen MR) is 56.3 cm³/mol. The fourth-order valence-electron chi connectivity index (χ4n) is 1.51. The van der Waals surface area contributed by atoms with Crippen LogP contribution in [0.3, 0.4) is 0 Å². The van der Waals surface area contributed by atoms with E-state index in [2.05, 4.69) is 19.1 Å². The van der Waals surface area contributed by atoms with Crippen LogP contribution in [-0.4, -0.2) is 7.11 Å². The van der Waals surface area contributed by atoms with Crippen molar-refractivity contribution in [3.05, 3.63) is 29.8 Å². The molecule has 1 aromatic rings. The smallest absolute Gasteiger partial charge is 0.122 e. The van der Waals surface area contributed by atoms with Gasteiger partial charge < -0.3 is 4.74 Å². The minimum atomic E-state index is 0.380. The van der Waals surface area contributed by atoms with Gasteiger partial charge >= 0.3 is 0 Å². The zero-order chi connectivity index (χ0) is 10.4. The van der Waals surface area contributed by atoms with Crippen LogP contribution < -0.4 is 4.74 Å². The number of benzene rings is 1. The van der Waals surface area contributed by atoms with Gasteiger partial charge in [-0.3, -0.25) is 0 Å². The summed E-state index contributed by atoms with van der Waals surface area (Å²) in [5.74, 6) is 1.30. The molecule has 2 nitrogen and oxygen atoms in total. The molecular weight excluding hydrogens is 174 g/mol. The molecule has 0 amide bonds. The summed E-state index contributed by atoms with van der Waals surface area (Å²) in [4.78, 5) is 0. The molecule has 1 rings (SSSR count). The summed E-state index contributed by atoms with van der Waals surface area (Å²) in [5.41, 5.74) is 1.19. The zero-order valence-corrected chi connectivity index (χ0v) is 8.66. The third kappa shape index (κ3) is 2.50. The van der Waals surface area contributed by atoms with E-state index in [1.165, 1.54) is 5.56 Å². The Morgan fingerprint density at radius 3 is 2.79 bits per heavy atom. The Hall–Kier alpha value is -1.49. The number of nitriles is 1. The number of nitrogens with zero attached hydrogens (tertiary/aromatic N) is 1. The van der Waals surface area contributed by atoms with Crippen molar-refractivity contribution in [2.24, 2.45) is 0 Å². The second-order valence-electron chi connectivity index (χ2n) is 3.34. The summed E-state index contributed by atoms with van der Waals surface area (Å²) >= 11 is 0. The monoisotopic (exact) mass is 189 g/mol. The first-order chi connectivity index (χ1) is 6.79. The molecule has 0 N–H and O–H groups in total. The normalized spacial score (nSPS) is 11.8. The number of hydrogen-bond acceptors (Lipinski definition) is 2. The van der Waals surface area contributed by atoms with Gasteiger partial charge in [-0.1, -0.05) is 25.1 Å². The van der Waals surface area contributed by atoms with E-state index < -0.39 is 0 Å². The lowest BCUT2D eigenvalue weighted by atomic mass is 9.96. The minimum absolute atomic E-state index is 0.380. The molecule has 1 aromatic carbocycles. The van der Waals surface area contributed by atoms with Crippen molar-refractivity contribution in [3.8, 4) is 11.8 Å². The molecule has 0 bridgehead atoms. The van der Waals surface area contributed by atoms with Crippen molar-refractivity contribution in [1.82, 2.24) is 0 Å². The standard InChI is InChI=1S/C12H15NO/c1-10(6-5-9-13)11-7-3-4-8-12(11)14-2/h3-4,7-8,10H,5-6H2,1-2H3. The van der Waals surface area contributed by atoms with E-state index in [-0.39, 0.29) is 0 Å². The molecule has 74 valence electrons. The minimum Gasteiger partial charge on any atom is -0.496 e. The molecule has 0 aliphatic heterocycles. The van der Waals surface area contributed by atoms with E-state index in [0.717, 1.165) is 12.2 Å². The van der Waals surface area contributed by atoms with Crippen LogP contribution in [0.5, 0.6) is 5.75 Å². The van der Waals surface area contributed by atoms with E-state index >= 15 is 0 Å². The molecule has 0 fully saturated rings. The molecule has 0 aliphatic carbocycles. The lowest BCUT2D eigenvalue weighted by Crippen LogP contribution is -1.97. The van der Waals surface area contributed by atoms with Gasteiger partial charge in [0.25, 0.3) is 0 Å². The van der Waals surface area contributed by atoms with Crippen molar-refractivity contribution in [2.75, 3.05) is 7.11 Å². The maximum absolute atomic E-state index is 8.51. The predicted octanol–water partition coefficient (Wildman–Crippen LogP) is 3.10. The molecule has 2 heteroatoms. The highest BCUT2D eigenvalue weighted by Crippen LogP contribution is 2.28. The Kier molecular flexibility index (Phi) is 4.00. The zero-order valence-electron chi connectivity index (χ0n) is 8.66. The number of ether oxygens (including phenoxy) is 1. The first kappa shape index (κ1) is 10.6. The number of para-hydroxylation sites is 1. The van der Waals surface area contributed by atoms with Gasteiger partial charge in [0.2, 0.25) is 0 Å². The topological polar surface area (TPSA) is 33.0 Å². The van der Waals surface area contributed by atoms with Crippen LogP contribution in [-0.2, 0) is 0 Å². The van der Waals surface area contributed by atoms with Gasteiger partial charge in [0.05, 0.1) is 13.2 Å². The SMILES string of the molecule is COc1ccccc1C(C)CCC#N. The van der Waals surface area contributed by atoms with Gasteiger partial charge in [0.15, 0.2) is 0 Å². The molecule has 14 heavy (non-hydrogen) atoms. The van der Waals surface area contributed by atoms with Crippen molar-refractivity contribution < 1.29 is 4.74 Å².